The lowest BCUT2D eigenvalue weighted by molar-refractivity contribution is -0.139. The Morgan fingerprint density at radius 1 is 1.03 bits per heavy atom. The van der Waals surface area contributed by atoms with Crippen molar-refractivity contribution in [2.75, 3.05) is 13.6 Å². The van der Waals surface area contributed by atoms with Crippen molar-refractivity contribution in [3.8, 4) is 5.82 Å². The monoisotopic (exact) mass is 488 g/mol. The molecule has 2 aromatic heterocycles. The van der Waals surface area contributed by atoms with E-state index in [1.165, 1.54) is 6.42 Å². The van der Waals surface area contributed by atoms with Gasteiger partial charge in [0.2, 0.25) is 11.8 Å². The lowest BCUT2D eigenvalue weighted by Crippen LogP contribution is -2.55. The third-order valence-corrected chi connectivity index (χ3v) is 7.90. The van der Waals surface area contributed by atoms with Crippen LogP contribution in [0, 0.1) is 5.92 Å². The molecule has 1 aliphatic carbocycles. The van der Waals surface area contributed by atoms with Gasteiger partial charge in [0, 0.05) is 12.7 Å². The number of hydrogen-bond acceptors (Lipinski definition) is 5. The van der Waals surface area contributed by atoms with E-state index in [0.717, 1.165) is 60.9 Å². The van der Waals surface area contributed by atoms with Gasteiger partial charge in [-0.25, -0.2) is 9.97 Å². The highest BCUT2D eigenvalue weighted by molar-refractivity contribution is 5.90. The van der Waals surface area contributed by atoms with Crippen molar-refractivity contribution in [2.24, 2.45) is 5.92 Å². The number of likely N-dealkylation sites (N-methyl/N-ethyl adjacent to an activating group) is 1. The minimum Gasteiger partial charge on any atom is -0.343 e. The molecular weight excluding hydrogens is 452 g/mol. The Hall–Kier alpha value is -3.26. The maximum absolute atomic E-state index is 14.0. The molecule has 0 radical (unpaired) electrons. The molecule has 8 heteroatoms. The van der Waals surface area contributed by atoms with Gasteiger partial charge in [0.1, 0.15) is 18.2 Å². The van der Waals surface area contributed by atoms with Crippen LogP contribution in [-0.2, 0) is 9.59 Å². The molecule has 190 valence electrons. The quantitative estimate of drug-likeness (QED) is 0.528. The summed E-state index contributed by atoms with van der Waals surface area (Å²) in [6, 6.07) is 11.2. The molecule has 1 aromatic carbocycles. The average molecular weight is 489 g/mol. The van der Waals surface area contributed by atoms with Gasteiger partial charge in [0.15, 0.2) is 0 Å². The first-order chi connectivity index (χ1) is 17.6. The summed E-state index contributed by atoms with van der Waals surface area (Å²) in [6.45, 7) is 2.53. The second kappa shape index (κ2) is 10.8. The van der Waals surface area contributed by atoms with Gasteiger partial charge in [-0.15, -0.1) is 0 Å². The Morgan fingerprint density at radius 3 is 2.64 bits per heavy atom. The third-order valence-electron chi connectivity index (χ3n) is 7.90. The number of nitrogens with zero attached hydrogens (tertiary/aromatic N) is 4. The maximum Gasteiger partial charge on any atom is 0.245 e. The van der Waals surface area contributed by atoms with Gasteiger partial charge in [-0.05, 0) is 75.4 Å². The van der Waals surface area contributed by atoms with Crippen molar-refractivity contribution < 1.29 is 9.59 Å². The number of para-hydroxylation sites is 2. The highest BCUT2D eigenvalue weighted by Gasteiger charge is 2.39. The summed E-state index contributed by atoms with van der Waals surface area (Å²) in [5, 5.41) is 6.12. The van der Waals surface area contributed by atoms with Crippen molar-refractivity contribution in [3.05, 3.63) is 54.5 Å². The standard InChI is InChI=1S/C28H36N6O2/c1-19(29-2)27(35)32-26(20-9-4-3-5-10-20)28(36)33-16-8-13-23(33)21-14-15-30-25(17-21)34-18-31-22-11-6-7-12-24(22)34/h6-7,11-12,14-15,17-20,23,26,29H,3-5,8-10,13,16H2,1-2H3,(H,32,35)/t19-,23-,26-/m0/s1. The molecule has 0 unspecified atom stereocenters. The van der Waals surface area contributed by atoms with E-state index in [1.54, 1.807) is 13.4 Å². The van der Waals surface area contributed by atoms with Gasteiger partial charge in [-0.2, -0.15) is 0 Å². The second-order valence-electron chi connectivity index (χ2n) is 10.1. The van der Waals surface area contributed by atoms with E-state index in [-0.39, 0.29) is 29.8 Å². The molecule has 2 N–H and O–H groups in total. The first kappa shape index (κ1) is 24.4. The number of pyridine rings is 1. The Labute approximate surface area is 212 Å². The van der Waals surface area contributed by atoms with Crippen LogP contribution in [0.3, 0.4) is 0 Å². The fourth-order valence-electron chi connectivity index (χ4n) is 5.73. The van der Waals surface area contributed by atoms with Gasteiger partial charge < -0.3 is 15.5 Å². The zero-order chi connectivity index (χ0) is 25.1. The highest BCUT2D eigenvalue weighted by atomic mass is 16.2. The SMILES string of the molecule is CN[C@@H](C)C(=O)N[C@H](C(=O)N1CCC[C@H]1c1ccnc(-n2cnc3ccccc32)c1)C1CCCCC1. The number of amides is 2. The van der Waals surface area contributed by atoms with Crippen LogP contribution in [0.15, 0.2) is 48.9 Å². The Morgan fingerprint density at radius 2 is 1.83 bits per heavy atom. The first-order valence-electron chi connectivity index (χ1n) is 13.2. The minimum absolute atomic E-state index is 0.0289. The molecule has 2 amide bonds. The molecule has 3 atom stereocenters. The summed E-state index contributed by atoms with van der Waals surface area (Å²) in [5.41, 5.74) is 2.99. The van der Waals surface area contributed by atoms with Crippen LogP contribution in [0.25, 0.3) is 16.9 Å². The molecule has 5 rings (SSSR count). The van der Waals surface area contributed by atoms with E-state index in [4.69, 9.17) is 0 Å². The predicted molar refractivity (Wildman–Crippen MR) is 140 cm³/mol. The van der Waals surface area contributed by atoms with Crippen LogP contribution in [-0.4, -0.2) is 56.9 Å². The number of carbonyl (C=O) groups excluding carboxylic acids is 2. The number of hydrogen-bond donors (Lipinski definition) is 2. The summed E-state index contributed by atoms with van der Waals surface area (Å²) in [5.74, 6) is 0.911. The molecular formula is C28H36N6O2. The van der Waals surface area contributed by atoms with E-state index in [1.807, 2.05) is 52.9 Å². The third kappa shape index (κ3) is 4.87. The fraction of sp³-hybridized carbons (Fsp3) is 0.500. The Kier molecular flexibility index (Phi) is 7.32. The zero-order valence-corrected chi connectivity index (χ0v) is 21.2. The van der Waals surface area contributed by atoms with Gasteiger partial charge >= 0.3 is 0 Å². The van der Waals surface area contributed by atoms with Crippen molar-refractivity contribution in [1.29, 1.82) is 0 Å². The molecule has 1 saturated heterocycles. The average Bonchev–Trinajstić information content (AvgIpc) is 3.59. The molecule has 1 saturated carbocycles. The van der Waals surface area contributed by atoms with Crippen LogP contribution in [0.5, 0.6) is 0 Å². The van der Waals surface area contributed by atoms with Gasteiger partial charge in [-0.3, -0.25) is 14.2 Å². The van der Waals surface area contributed by atoms with Crippen molar-refractivity contribution >= 4 is 22.8 Å². The number of rotatable bonds is 7. The minimum atomic E-state index is -0.479. The van der Waals surface area contributed by atoms with E-state index in [2.05, 4.69) is 26.7 Å². The topological polar surface area (TPSA) is 92.2 Å². The summed E-state index contributed by atoms with van der Waals surface area (Å²) in [7, 11) is 1.77. The summed E-state index contributed by atoms with van der Waals surface area (Å²) >= 11 is 0. The van der Waals surface area contributed by atoms with E-state index in [0.29, 0.717) is 6.54 Å². The molecule has 8 nitrogen and oxygen atoms in total. The van der Waals surface area contributed by atoms with Crippen molar-refractivity contribution in [1.82, 2.24) is 30.1 Å². The largest absolute Gasteiger partial charge is 0.343 e. The molecule has 1 aliphatic heterocycles. The van der Waals surface area contributed by atoms with E-state index in [9.17, 15) is 9.59 Å². The normalized spacial score (nSPS) is 20.4. The van der Waals surface area contributed by atoms with Gasteiger partial charge in [0.05, 0.1) is 23.1 Å². The summed E-state index contributed by atoms with van der Waals surface area (Å²) < 4.78 is 1.99. The lowest BCUT2D eigenvalue weighted by atomic mass is 9.83. The fourth-order valence-corrected chi connectivity index (χ4v) is 5.73. The molecule has 0 spiro atoms. The van der Waals surface area contributed by atoms with Crippen molar-refractivity contribution in [3.63, 3.8) is 0 Å². The maximum atomic E-state index is 14.0. The van der Waals surface area contributed by atoms with E-state index >= 15 is 0 Å². The zero-order valence-electron chi connectivity index (χ0n) is 21.2. The number of nitrogens with one attached hydrogen (secondary N) is 2. The molecule has 36 heavy (non-hydrogen) atoms. The summed E-state index contributed by atoms with van der Waals surface area (Å²) in [4.78, 5) is 37.9. The van der Waals surface area contributed by atoms with Crippen LogP contribution >= 0.6 is 0 Å². The number of fused-ring (bicyclic) bond motifs is 1. The summed E-state index contributed by atoms with van der Waals surface area (Å²) in [6.07, 6.45) is 10.9. The number of imidazole rings is 1. The van der Waals surface area contributed by atoms with Gasteiger partial charge in [0.25, 0.3) is 0 Å². The second-order valence-corrected chi connectivity index (χ2v) is 10.1. The number of carbonyl (C=O) groups is 2. The van der Waals surface area contributed by atoms with E-state index < -0.39 is 6.04 Å². The molecule has 3 aromatic rings. The highest BCUT2D eigenvalue weighted by Crippen LogP contribution is 2.35. The number of likely N-dealkylation sites (tertiary alicyclic amines) is 1. The molecule has 0 bridgehead atoms. The van der Waals surface area contributed by atoms with Crippen LogP contribution in [0.1, 0.15) is 63.5 Å². The Balaban J connectivity index is 1.41. The molecule has 2 aliphatic rings. The van der Waals surface area contributed by atoms with Crippen LogP contribution in [0.4, 0.5) is 0 Å². The smallest absolute Gasteiger partial charge is 0.245 e. The lowest BCUT2D eigenvalue weighted by Gasteiger charge is -2.35. The predicted octanol–water partition coefficient (Wildman–Crippen LogP) is 3.76. The molecule has 3 heterocycles. The first-order valence-corrected chi connectivity index (χ1v) is 13.2. The molecule has 2 fully saturated rings. The van der Waals surface area contributed by atoms with Crippen molar-refractivity contribution in [2.45, 2.75) is 70.0 Å². The number of benzene rings is 1. The van der Waals surface area contributed by atoms with Crippen LogP contribution < -0.4 is 10.6 Å². The van der Waals surface area contributed by atoms with Crippen LogP contribution in [0.2, 0.25) is 0 Å². The number of aromatic nitrogens is 3. The van der Waals surface area contributed by atoms with Gasteiger partial charge in [-0.1, -0.05) is 31.4 Å². The Bertz CT molecular complexity index is 1220.